The van der Waals surface area contributed by atoms with Gasteiger partial charge in [0.25, 0.3) is 11.5 Å². The summed E-state index contributed by atoms with van der Waals surface area (Å²) in [6.45, 7) is 8.03. The van der Waals surface area contributed by atoms with Crippen LogP contribution in [0.1, 0.15) is 80.5 Å². The van der Waals surface area contributed by atoms with Crippen molar-refractivity contribution in [3.8, 4) is 0 Å². The lowest BCUT2D eigenvalue weighted by molar-refractivity contribution is -0.117. The number of aryl methyl sites for hydroxylation is 1. The van der Waals surface area contributed by atoms with E-state index in [4.69, 9.17) is 0 Å². The molecular weight excluding hydrogens is 446 g/mol. The molecule has 1 saturated carbocycles. The molecule has 1 atom stereocenters. The van der Waals surface area contributed by atoms with E-state index < -0.39 is 17.2 Å². The summed E-state index contributed by atoms with van der Waals surface area (Å²) in [5, 5.41) is 5.96. The number of H-pyrrole nitrogens is 1. The SMILES string of the molecule is CCCn1c(=O)[nH]c(=O)c2c(C(=O)NC(C)c3ccc(NC(=O)C4CC4)cc3)cc(C(C)C)nc21. The van der Waals surface area contributed by atoms with Crippen LogP contribution >= 0.6 is 0 Å². The summed E-state index contributed by atoms with van der Waals surface area (Å²) in [4.78, 5) is 57.5. The van der Waals surface area contributed by atoms with Crippen molar-refractivity contribution in [3.63, 3.8) is 0 Å². The fourth-order valence-electron chi connectivity index (χ4n) is 4.00. The summed E-state index contributed by atoms with van der Waals surface area (Å²) in [7, 11) is 0. The van der Waals surface area contributed by atoms with Gasteiger partial charge in [-0.2, -0.15) is 0 Å². The first-order valence-electron chi connectivity index (χ1n) is 12.1. The van der Waals surface area contributed by atoms with Gasteiger partial charge >= 0.3 is 5.69 Å². The zero-order valence-electron chi connectivity index (χ0n) is 20.5. The van der Waals surface area contributed by atoms with E-state index in [1.54, 1.807) is 6.07 Å². The number of hydrogen-bond acceptors (Lipinski definition) is 5. The third-order valence-electron chi connectivity index (χ3n) is 6.23. The Kier molecular flexibility index (Phi) is 6.86. The number of carbonyl (C=O) groups excluding carboxylic acids is 2. The largest absolute Gasteiger partial charge is 0.345 e. The van der Waals surface area contributed by atoms with E-state index in [0.29, 0.717) is 24.3 Å². The maximum atomic E-state index is 13.4. The number of nitrogens with one attached hydrogen (secondary N) is 3. The van der Waals surface area contributed by atoms with Gasteiger partial charge in [-0.1, -0.05) is 32.9 Å². The number of aromatic nitrogens is 3. The lowest BCUT2D eigenvalue weighted by atomic mass is 10.0. The number of carbonyl (C=O) groups is 2. The van der Waals surface area contributed by atoms with E-state index in [-0.39, 0.29) is 40.4 Å². The topological polar surface area (TPSA) is 126 Å². The van der Waals surface area contributed by atoms with E-state index in [2.05, 4.69) is 20.6 Å². The molecule has 1 aromatic carbocycles. The fraction of sp³-hybridized carbons (Fsp3) is 0.423. The Morgan fingerprint density at radius 3 is 2.43 bits per heavy atom. The van der Waals surface area contributed by atoms with Crippen molar-refractivity contribution in [2.45, 2.75) is 65.5 Å². The molecule has 0 bridgehead atoms. The average molecular weight is 478 g/mol. The van der Waals surface area contributed by atoms with Gasteiger partial charge < -0.3 is 10.6 Å². The highest BCUT2D eigenvalue weighted by molar-refractivity contribution is 6.05. The predicted octanol–water partition coefficient (Wildman–Crippen LogP) is 3.46. The Hall–Kier alpha value is -3.75. The van der Waals surface area contributed by atoms with Crippen molar-refractivity contribution in [2.75, 3.05) is 5.32 Å². The molecule has 2 heterocycles. The van der Waals surface area contributed by atoms with Crippen molar-refractivity contribution in [2.24, 2.45) is 5.92 Å². The van der Waals surface area contributed by atoms with Crippen molar-refractivity contribution in [1.82, 2.24) is 19.9 Å². The number of anilines is 1. The normalized spacial score (nSPS) is 14.2. The first kappa shape index (κ1) is 24.4. The van der Waals surface area contributed by atoms with Crippen LogP contribution in [-0.4, -0.2) is 26.3 Å². The summed E-state index contributed by atoms with van der Waals surface area (Å²) < 4.78 is 1.41. The molecule has 3 N–H and O–H groups in total. The molecule has 1 fully saturated rings. The quantitative estimate of drug-likeness (QED) is 0.458. The third kappa shape index (κ3) is 5.18. The lowest BCUT2D eigenvalue weighted by Gasteiger charge is -2.18. The van der Waals surface area contributed by atoms with Crippen LogP contribution in [0.4, 0.5) is 5.69 Å². The van der Waals surface area contributed by atoms with Gasteiger partial charge in [-0.3, -0.25) is 23.9 Å². The minimum Gasteiger partial charge on any atom is -0.345 e. The zero-order chi connectivity index (χ0) is 25.3. The van der Waals surface area contributed by atoms with Crippen LogP contribution in [0, 0.1) is 5.92 Å². The Labute approximate surface area is 203 Å². The molecule has 0 spiro atoms. The van der Waals surface area contributed by atoms with Crippen molar-refractivity contribution in [1.29, 1.82) is 0 Å². The molecule has 0 radical (unpaired) electrons. The van der Waals surface area contributed by atoms with Gasteiger partial charge in [-0.15, -0.1) is 0 Å². The van der Waals surface area contributed by atoms with Crippen LogP contribution < -0.4 is 21.9 Å². The first-order valence-corrected chi connectivity index (χ1v) is 12.1. The Bertz CT molecular complexity index is 1380. The summed E-state index contributed by atoms with van der Waals surface area (Å²) in [5.74, 6) is -0.275. The number of aromatic amines is 1. The zero-order valence-corrected chi connectivity index (χ0v) is 20.5. The van der Waals surface area contributed by atoms with Gasteiger partial charge in [0, 0.05) is 23.8 Å². The first-order chi connectivity index (χ1) is 16.7. The molecule has 4 rings (SSSR count). The van der Waals surface area contributed by atoms with E-state index in [9.17, 15) is 19.2 Å². The summed E-state index contributed by atoms with van der Waals surface area (Å²) in [6, 6.07) is 8.59. The molecule has 2 amide bonds. The maximum Gasteiger partial charge on any atom is 0.329 e. The molecule has 0 saturated heterocycles. The van der Waals surface area contributed by atoms with Crippen molar-refractivity contribution >= 4 is 28.5 Å². The van der Waals surface area contributed by atoms with Crippen molar-refractivity contribution in [3.05, 3.63) is 68.0 Å². The summed E-state index contributed by atoms with van der Waals surface area (Å²) in [5.41, 5.74) is 1.43. The summed E-state index contributed by atoms with van der Waals surface area (Å²) >= 11 is 0. The standard InChI is InChI=1S/C26H31N5O4/c1-5-12-31-22-21(25(34)30-26(31)35)19(13-20(29-22)14(2)3)24(33)27-15(4)16-8-10-18(11-9-16)28-23(32)17-6-7-17/h8-11,13-15,17H,5-7,12H2,1-4H3,(H,27,33)(H,28,32)(H,30,34,35). The number of hydrogen-bond donors (Lipinski definition) is 3. The maximum absolute atomic E-state index is 13.4. The molecule has 9 heteroatoms. The Morgan fingerprint density at radius 1 is 1.14 bits per heavy atom. The van der Waals surface area contributed by atoms with E-state index in [0.717, 1.165) is 18.4 Å². The number of nitrogens with zero attached hydrogens (tertiary/aromatic N) is 2. The molecule has 3 aromatic rings. The molecular formula is C26H31N5O4. The van der Waals surface area contributed by atoms with Crippen LogP contribution in [-0.2, 0) is 11.3 Å². The van der Waals surface area contributed by atoms with E-state index in [1.807, 2.05) is 52.0 Å². The van der Waals surface area contributed by atoms with Gasteiger partial charge in [0.05, 0.1) is 17.0 Å². The smallest absolute Gasteiger partial charge is 0.329 e. The van der Waals surface area contributed by atoms with Crippen LogP contribution in [0.25, 0.3) is 11.0 Å². The van der Waals surface area contributed by atoms with Crippen LogP contribution in [0.5, 0.6) is 0 Å². The second-order valence-electron chi connectivity index (χ2n) is 9.44. The Morgan fingerprint density at radius 2 is 1.83 bits per heavy atom. The minimum absolute atomic E-state index is 0.00812. The highest BCUT2D eigenvalue weighted by atomic mass is 16.2. The number of amides is 2. The van der Waals surface area contributed by atoms with Crippen molar-refractivity contribution < 1.29 is 9.59 Å². The van der Waals surface area contributed by atoms with Gasteiger partial charge in [0.2, 0.25) is 5.91 Å². The van der Waals surface area contributed by atoms with Gasteiger partial charge in [0.1, 0.15) is 0 Å². The number of rotatable bonds is 8. The highest BCUT2D eigenvalue weighted by Crippen LogP contribution is 2.30. The fourth-order valence-corrected chi connectivity index (χ4v) is 4.00. The van der Waals surface area contributed by atoms with Crippen LogP contribution in [0.2, 0.25) is 0 Å². The molecule has 184 valence electrons. The molecule has 1 aliphatic carbocycles. The van der Waals surface area contributed by atoms with Crippen LogP contribution in [0.15, 0.2) is 39.9 Å². The second-order valence-corrected chi connectivity index (χ2v) is 9.44. The van der Waals surface area contributed by atoms with Gasteiger partial charge in [-0.25, -0.2) is 9.78 Å². The third-order valence-corrected chi connectivity index (χ3v) is 6.23. The molecule has 9 nitrogen and oxygen atoms in total. The number of benzene rings is 1. The van der Waals surface area contributed by atoms with Gasteiger partial charge in [-0.05, 0) is 55.9 Å². The van der Waals surface area contributed by atoms with E-state index >= 15 is 0 Å². The molecule has 1 aliphatic rings. The predicted molar refractivity (Wildman–Crippen MR) is 135 cm³/mol. The second kappa shape index (κ2) is 9.85. The monoisotopic (exact) mass is 477 g/mol. The number of fused-ring (bicyclic) bond motifs is 1. The Balaban J connectivity index is 1.64. The molecule has 2 aromatic heterocycles. The highest BCUT2D eigenvalue weighted by Gasteiger charge is 2.29. The molecule has 0 aliphatic heterocycles. The molecule has 1 unspecified atom stereocenters. The number of pyridine rings is 1. The van der Waals surface area contributed by atoms with Crippen LogP contribution in [0.3, 0.4) is 0 Å². The average Bonchev–Trinajstić information content (AvgIpc) is 3.67. The summed E-state index contributed by atoms with van der Waals surface area (Å²) in [6.07, 6.45) is 2.55. The molecule has 35 heavy (non-hydrogen) atoms. The minimum atomic E-state index is -0.631. The van der Waals surface area contributed by atoms with E-state index in [1.165, 1.54) is 4.57 Å². The lowest BCUT2D eigenvalue weighted by Crippen LogP contribution is -2.34. The van der Waals surface area contributed by atoms with Gasteiger partial charge in [0.15, 0.2) is 5.65 Å².